The highest BCUT2D eigenvalue weighted by Gasteiger charge is 2.14. The highest BCUT2D eigenvalue weighted by Crippen LogP contribution is 2.23. The molecule has 0 aliphatic carbocycles. The van der Waals surface area contributed by atoms with Crippen molar-refractivity contribution in [3.8, 4) is 22.7 Å². The van der Waals surface area contributed by atoms with E-state index < -0.39 is 0 Å². The van der Waals surface area contributed by atoms with E-state index in [1.165, 1.54) is 5.56 Å². The molecular weight excluding hydrogens is 390 g/mol. The van der Waals surface area contributed by atoms with Crippen LogP contribution < -0.4 is 5.56 Å². The van der Waals surface area contributed by atoms with Crippen LogP contribution in [0, 0.1) is 20.8 Å². The fourth-order valence-corrected chi connectivity index (χ4v) is 3.75. The molecule has 5 aromatic rings. The monoisotopic (exact) mass is 411 g/mol. The zero-order valence-electron chi connectivity index (χ0n) is 17.5. The zero-order chi connectivity index (χ0) is 21.5. The van der Waals surface area contributed by atoms with Crippen LogP contribution in [0.15, 0.2) is 70.2 Å². The van der Waals surface area contributed by atoms with Crippen LogP contribution in [-0.4, -0.2) is 24.3 Å². The summed E-state index contributed by atoms with van der Waals surface area (Å²) >= 11 is 0. The number of hydrogen-bond donors (Lipinski definition) is 0. The minimum absolute atomic E-state index is 0.159. The molecule has 2 aromatic carbocycles. The first-order chi connectivity index (χ1) is 15.0. The molecule has 5 rings (SSSR count). The Kier molecular flexibility index (Phi) is 4.51. The van der Waals surface area contributed by atoms with Gasteiger partial charge in [-0.1, -0.05) is 46.6 Å². The number of nitrogens with zero attached hydrogens (tertiary/aromatic N) is 5. The molecule has 0 bridgehead atoms. The lowest BCUT2D eigenvalue weighted by molar-refractivity contribution is 0.420. The molecule has 154 valence electrons. The Morgan fingerprint density at radius 1 is 0.968 bits per heavy atom. The molecule has 3 heterocycles. The molecule has 0 atom stereocenters. The van der Waals surface area contributed by atoms with Crippen molar-refractivity contribution in [1.29, 1.82) is 0 Å². The summed E-state index contributed by atoms with van der Waals surface area (Å²) in [5.41, 5.74) is 6.41. The largest absolute Gasteiger partial charge is 0.334 e. The number of aryl methyl sites for hydroxylation is 3. The van der Waals surface area contributed by atoms with Crippen molar-refractivity contribution >= 4 is 5.52 Å². The zero-order valence-corrected chi connectivity index (χ0v) is 17.5. The van der Waals surface area contributed by atoms with Crippen molar-refractivity contribution in [2.75, 3.05) is 0 Å². The summed E-state index contributed by atoms with van der Waals surface area (Å²) in [6, 6.07) is 15.9. The molecule has 7 heteroatoms. The predicted molar refractivity (Wildman–Crippen MR) is 118 cm³/mol. The second-order valence-corrected chi connectivity index (χ2v) is 7.79. The number of fused-ring (bicyclic) bond motifs is 1. The summed E-state index contributed by atoms with van der Waals surface area (Å²) in [7, 11) is 0. The van der Waals surface area contributed by atoms with Crippen LogP contribution in [0.4, 0.5) is 0 Å². The third kappa shape index (κ3) is 3.54. The molecule has 0 N–H and O–H groups in total. The average molecular weight is 411 g/mol. The number of benzene rings is 2. The van der Waals surface area contributed by atoms with Crippen LogP contribution in [0.3, 0.4) is 0 Å². The van der Waals surface area contributed by atoms with Crippen molar-refractivity contribution in [1.82, 2.24) is 24.3 Å². The fraction of sp³-hybridized carbons (Fsp3) is 0.167. The van der Waals surface area contributed by atoms with E-state index in [0.29, 0.717) is 17.2 Å². The Bertz CT molecular complexity index is 1480. The molecule has 0 aliphatic rings. The Morgan fingerprint density at radius 2 is 1.81 bits per heavy atom. The molecule has 31 heavy (non-hydrogen) atoms. The van der Waals surface area contributed by atoms with E-state index in [2.05, 4.69) is 28.2 Å². The SMILES string of the molecule is Cc1cccc(-c2nc(Cn3ccn4nc(-c5ccc(C)cc5C)cc4c3=O)no2)c1. The molecule has 3 aromatic heterocycles. The maximum Gasteiger partial charge on any atom is 0.277 e. The van der Waals surface area contributed by atoms with Crippen LogP contribution in [0.25, 0.3) is 28.2 Å². The molecule has 0 saturated heterocycles. The van der Waals surface area contributed by atoms with Gasteiger partial charge in [0.2, 0.25) is 0 Å². The summed E-state index contributed by atoms with van der Waals surface area (Å²) in [6.45, 7) is 6.33. The van der Waals surface area contributed by atoms with Gasteiger partial charge < -0.3 is 9.09 Å². The lowest BCUT2D eigenvalue weighted by Gasteiger charge is -2.03. The van der Waals surface area contributed by atoms with E-state index in [1.54, 1.807) is 21.5 Å². The van der Waals surface area contributed by atoms with E-state index in [-0.39, 0.29) is 12.1 Å². The first-order valence-electron chi connectivity index (χ1n) is 10.0. The molecule has 7 nitrogen and oxygen atoms in total. The minimum Gasteiger partial charge on any atom is -0.334 e. The molecule has 0 aliphatic heterocycles. The quantitative estimate of drug-likeness (QED) is 0.443. The van der Waals surface area contributed by atoms with Crippen molar-refractivity contribution in [3.63, 3.8) is 0 Å². The van der Waals surface area contributed by atoms with Crippen LogP contribution in [0.2, 0.25) is 0 Å². The molecule has 0 radical (unpaired) electrons. The van der Waals surface area contributed by atoms with Gasteiger partial charge in [-0.25, -0.2) is 4.52 Å². The van der Waals surface area contributed by atoms with E-state index in [9.17, 15) is 4.79 Å². The molecule has 0 amide bonds. The predicted octanol–water partition coefficient (Wildman–Crippen LogP) is 4.19. The Morgan fingerprint density at radius 3 is 2.61 bits per heavy atom. The van der Waals surface area contributed by atoms with Gasteiger partial charge in [0.15, 0.2) is 5.82 Å². The van der Waals surface area contributed by atoms with Crippen LogP contribution in [0.5, 0.6) is 0 Å². The first kappa shape index (κ1) is 19.0. The number of aromatic nitrogens is 5. The summed E-state index contributed by atoms with van der Waals surface area (Å²) < 4.78 is 8.57. The highest BCUT2D eigenvalue weighted by atomic mass is 16.5. The summed E-state index contributed by atoms with van der Waals surface area (Å²) in [4.78, 5) is 17.5. The van der Waals surface area contributed by atoms with Gasteiger partial charge in [-0.2, -0.15) is 10.1 Å². The van der Waals surface area contributed by atoms with Gasteiger partial charge in [-0.15, -0.1) is 0 Å². The van der Waals surface area contributed by atoms with E-state index in [0.717, 1.165) is 27.9 Å². The smallest absolute Gasteiger partial charge is 0.277 e. The van der Waals surface area contributed by atoms with Gasteiger partial charge in [-0.05, 0) is 44.5 Å². The Hall–Kier alpha value is -4.00. The van der Waals surface area contributed by atoms with Crippen LogP contribution in [-0.2, 0) is 6.54 Å². The molecular formula is C24H21N5O2. The third-order valence-corrected chi connectivity index (χ3v) is 5.31. The normalized spacial score (nSPS) is 11.3. The summed E-state index contributed by atoms with van der Waals surface area (Å²) in [5.74, 6) is 0.881. The standard InChI is InChI=1S/C24H21N5O2/c1-15-5-4-6-18(12-15)23-25-22(27-31-23)14-28-9-10-29-21(24(28)30)13-20(26-29)19-8-7-16(2)11-17(19)3/h4-13H,14H2,1-3H3. The summed E-state index contributed by atoms with van der Waals surface area (Å²) in [5, 5.41) is 8.63. The number of hydrogen-bond acceptors (Lipinski definition) is 5. The van der Waals surface area contributed by atoms with Crippen LogP contribution >= 0.6 is 0 Å². The number of rotatable bonds is 4. The van der Waals surface area contributed by atoms with Gasteiger partial charge in [0.25, 0.3) is 11.4 Å². The van der Waals surface area contributed by atoms with Crippen molar-refractivity contribution in [2.24, 2.45) is 0 Å². The molecule has 0 unspecified atom stereocenters. The molecule has 0 fully saturated rings. The van der Waals surface area contributed by atoms with Gasteiger partial charge in [0.05, 0.1) is 12.2 Å². The first-order valence-corrected chi connectivity index (χ1v) is 10.0. The lowest BCUT2D eigenvalue weighted by atomic mass is 10.0. The van der Waals surface area contributed by atoms with Crippen molar-refractivity contribution in [2.45, 2.75) is 27.3 Å². The maximum absolute atomic E-state index is 13.1. The van der Waals surface area contributed by atoms with Gasteiger partial charge in [0.1, 0.15) is 5.52 Å². The summed E-state index contributed by atoms with van der Waals surface area (Å²) in [6.07, 6.45) is 3.46. The second kappa shape index (κ2) is 7.36. The third-order valence-electron chi connectivity index (χ3n) is 5.31. The van der Waals surface area contributed by atoms with E-state index >= 15 is 0 Å². The van der Waals surface area contributed by atoms with Gasteiger partial charge in [0, 0.05) is 23.5 Å². The molecule has 0 spiro atoms. The minimum atomic E-state index is -0.159. The topological polar surface area (TPSA) is 78.2 Å². The highest BCUT2D eigenvalue weighted by molar-refractivity contribution is 5.68. The average Bonchev–Trinajstić information content (AvgIpc) is 3.38. The Balaban J connectivity index is 1.47. The van der Waals surface area contributed by atoms with E-state index in [1.807, 2.05) is 56.3 Å². The fourth-order valence-electron chi connectivity index (χ4n) is 3.75. The second-order valence-electron chi connectivity index (χ2n) is 7.79. The Labute approximate surface area is 178 Å². The van der Waals surface area contributed by atoms with Gasteiger partial charge in [-0.3, -0.25) is 4.79 Å². The van der Waals surface area contributed by atoms with Crippen LogP contribution in [0.1, 0.15) is 22.5 Å². The lowest BCUT2D eigenvalue weighted by Crippen LogP contribution is -2.22. The van der Waals surface area contributed by atoms with E-state index in [4.69, 9.17) is 4.52 Å². The van der Waals surface area contributed by atoms with Gasteiger partial charge >= 0.3 is 0 Å². The van der Waals surface area contributed by atoms with Crippen molar-refractivity contribution < 1.29 is 4.52 Å². The molecule has 0 saturated carbocycles. The van der Waals surface area contributed by atoms with Crippen molar-refractivity contribution in [3.05, 3.63) is 93.8 Å². The maximum atomic E-state index is 13.1.